The first-order chi connectivity index (χ1) is 12.3. The van der Waals surface area contributed by atoms with Crippen molar-refractivity contribution in [1.82, 2.24) is 15.1 Å². The number of piperazine rings is 1. The van der Waals surface area contributed by atoms with Crippen molar-refractivity contribution in [2.45, 2.75) is 51.0 Å². The number of nitrogens with zero attached hydrogens (tertiary/aromatic N) is 3. The van der Waals surface area contributed by atoms with E-state index in [1.165, 1.54) is 51.5 Å². The van der Waals surface area contributed by atoms with E-state index in [1.54, 1.807) is 0 Å². The average Bonchev–Trinajstić information content (AvgIpc) is 3.25. The summed E-state index contributed by atoms with van der Waals surface area (Å²) in [5.74, 6) is 3.80. The second-order valence-corrected chi connectivity index (χ2v) is 8.61. The van der Waals surface area contributed by atoms with Crippen LogP contribution in [0.5, 0.6) is 0 Å². The van der Waals surface area contributed by atoms with Gasteiger partial charge in [0.2, 0.25) is 0 Å². The summed E-state index contributed by atoms with van der Waals surface area (Å²) >= 11 is 0. The highest BCUT2D eigenvalue weighted by Gasteiger charge is 2.43. The highest BCUT2D eigenvalue weighted by Crippen LogP contribution is 2.44. The number of aliphatic imine (C=N–C) groups is 1. The molecular formula is C20H36N4O. The summed E-state index contributed by atoms with van der Waals surface area (Å²) in [5, 5.41) is 3.78. The van der Waals surface area contributed by atoms with Crippen molar-refractivity contribution >= 4 is 5.96 Å². The lowest BCUT2D eigenvalue weighted by molar-refractivity contribution is 0.139. The van der Waals surface area contributed by atoms with Gasteiger partial charge in [0.05, 0.1) is 6.61 Å². The molecule has 5 heteroatoms. The molecule has 0 aromatic carbocycles. The van der Waals surface area contributed by atoms with E-state index < -0.39 is 0 Å². The lowest BCUT2D eigenvalue weighted by Gasteiger charge is -2.37. The van der Waals surface area contributed by atoms with E-state index in [0.29, 0.717) is 6.04 Å². The summed E-state index contributed by atoms with van der Waals surface area (Å²) in [6, 6.07) is 0.690. The second-order valence-electron chi connectivity index (χ2n) is 8.61. The number of nitrogens with one attached hydrogen (secondary N) is 1. The van der Waals surface area contributed by atoms with Gasteiger partial charge in [-0.05, 0) is 30.6 Å². The van der Waals surface area contributed by atoms with Crippen molar-refractivity contribution in [3.8, 4) is 0 Å². The van der Waals surface area contributed by atoms with E-state index in [9.17, 15) is 0 Å². The molecule has 0 amide bonds. The van der Waals surface area contributed by atoms with Crippen molar-refractivity contribution in [1.29, 1.82) is 0 Å². The molecule has 4 aliphatic rings. The van der Waals surface area contributed by atoms with Crippen LogP contribution < -0.4 is 5.32 Å². The maximum absolute atomic E-state index is 5.52. The minimum Gasteiger partial charge on any atom is -0.381 e. The normalized spacial score (nSPS) is 35.2. The van der Waals surface area contributed by atoms with Crippen molar-refractivity contribution in [3.05, 3.63) is 0 Å². The molecule has 3 atom stereocenters. The van der Waals surface area contributed by atoms with E-state index >= 15 is 0 Å². The van der Waals surface area contributed by atoms with Crippen LogP contribution in [0, 0.1) is 17.8 Å². The number of ether oxygens (including phenoxy) is 1. The lowest BCUT2D eigenvalue weighted by atomic mass is 9.85. The van der Waals surface area contributed by atoms with Gasteiger partial charge in [-0.25, -0.2) is 0 Å². The minimum absolute atomic E-state index is 0.690. The van der Waals surface area contributed by atoms with Crippen LogP contribution in [0.15, 0.2) is 4.99 Å². The third-order valence-corrected chi connectivity index (χ3v) is 6.83. The molecule has 4 fully saturated rings. The van der Waals surface area contributed by atoms with Crippen LogP contribution in [0.2, 0.25) is 0 Å². The Hall–Kier alpha value is -0.810. The fraction of sp³-hybridized carbons (Fsp3) is 0.950. The molecule has 142 valence electrons. The van der Waals surface area contributed by atoms with Crippen LogP contribution in [-0.2, 0) is 4.74 Å². The van der Waals surface area contributed by atoms with Crippen molar-refractivity contribution < 1.29 is 4.74 Å². The molecule has 0 aromatic heterocycles. The summed E-state index contributed by atoms with van der Waals surface area (Å²) < 4.78 is 5.52. The zero-order valence-corrected chi connectivity index (χ0v) is 16.0. The molecule has 2 heterocycles. The SMILES string of the molecule is CN=C(NC1CC1C1CCCCC1)N1CCN(CC2CCOC2)CC1. The number of rotatable bonds is 4. The predicted octanol–water partition coefficient (Wildman–Crippen LogP) is 2.18. The van der Waals surface area contributed by atoms with Crippen LogP contribution in [0.1, 0.15) is 44.9 Å². The minimum atomic E-state index is 0.690. The average molecular weight is 349 g/mol. The Kier molecular flexibility index (Phi) is 5.81. The zero-order chi connectivity index (χ0) is 17.1. The van der Waals surface area contributed by atoms with Gasteiger partial charge in [0, 0.05) is 52.4 Å². The van der Waals surface area contributed by atoms with E-state index in [-0.39, 0.29) is 0 Å². The quantitative estimate of drug-likeness (QED) is 0.624. The van der Waals surface area contributed by atoms with Crippen LogP contribution in [-0.4, -0.2) is 74.8 Å². The van der Waals surface area contributed by atoms with E-state index in [1.807, 2.05) is 7.05 Å². The fourth-order valence-electron chi connectivity index (χ4n) is 5.16. The van der Waals surface area contributed by atoms with Gasteiger partial charge in [-0.15, -0.1) is 0 Å². The van der Waals surface area contributed by atoms with Crippen molar-refractivity contribution in [3.63, 3.8) is 0 Å². The van der Waals surface area contributed by atoms with Crippen molar-refractivity contribution in [2.24, 2.45) is 22.7 Å². The van der Waals surface area contributed by atoms with Gasteiger partial charge in [0.25, 0.3) is 0 Å². The molecule has 3 unspecified atom stereocenters. The highest BCUT2D eigenvalue weighted by atomic mass is 16.5. The molecule has 0 spiro atoms. The highest BCUT2D eigenvalue weighted by molar-refractivity contribution is 5.80. The Morgan fingerprint density at radius 1 is 1.08 bits per heavy atom. The summed E-state index contributed by atoms with van der Waals surface area (Å²) in [6.45, 7) is 7.68. The Labute approximate surface area is 153 Å². The molecule has 2 saturated carbocycles. The number of hydrogen-bond acceptors (Lipinski definition) is 3. The summed E-state index contributed by atoms with van der Waals surface area (Å²) in [6.07, 6.45) is 9.91. The molecule has 25 heavy (non-hydrogen) atoms. The standard InChI is InChI=1S/C20H36N4O/c1-21-20(22-19-13-18(19)17-5-3-2-4-6-17)24-10-8-23(9-11-24)14-16-7-12-25-15-16/h16-19H,2-15H2,1H3,(H,21,22). The largest absolute Gasteiger partial charge is 0.381 e. The van der Waals surface area contributed by atoms with E-state index in [2.05, 4.69) is 20.1 Å². The first kappa shape index (κ1) is 17.6. The molecule has 4 rings (SSSR count). The summed E-state index contributed by atoms with van der Waals surface area (Å²) in [4.78, 5) is 9.68. The zero-order valence-electron chi connectivity index (χ0n) is 16.0. The van der Waals surface area contributed by atoms with Crippen LogP contribution in [0.4, 0.5) is 0 Å². The van der Waals surface area contributed by atoms with E-state index in [0.717, 1.165) is 63.1 Å². The Morgan fingerprint density at radius 3 is 2.56 bits per heavy atom. The maximum Gasteiger partial charge on any atom is 0.193 e. The fourth-order valence-corrected chi connectivity index (χ4v) is 5.16. The first-order valence-corrected chi connectivity index (χ1v) is 10.6. The number of hydrogen-bond donors (Lipinski definition) is 1. The van der Waals surface area contributed by atoms with Gasteiger partial charge in [-0.1, -0.05) is 32.1 Å². The molecule has 1 N–H and O–H groups in total. The third kappa shape index (κ3) is 4.48. The van der Waals surface area contributed by atoms with Gasteiger partial charge in [0.1, 0.15) is 0 Å². The smallest absolute Gasteiger partial charge is 0.193 e. The van der Waals surface area contributed by atoms with Crippen LogP contribution >= 0.6 is 0 Å². The molecule has 2 aliphatic heterocycles. The van der Waals surface area contributed by atoms with Crippen LogP contribution in [0.3, 0.4) is 0 Å². The Balaban J connectivity index is 1.20. The van der Waals surface area contributed by atoms with Gasteiger partial charge >= 0.3 is 0 Å². The first-order valence-electron chi connectivity index (χ1n) is 10.6. The molecule has 0 aromatic rings. The van der Waals surface area contributed by atoms with Crippen molar-refractivity contribution in [2.75, 3.05) is 53.0 Å². The maximum atomic E-state index is 5.52. The molecule has 0 radical (unpaired) electrons. The van der Waals surface area contributed by atoms with Gasteiger partial charge in [0.15, 0.2) is 5.96 Å². The third-order valence-electron chi connectivity index (χ3n) is 6.83. The topological polar surface area (TPSA) is 40.1 Å². The predicted molar refractivity (Wildman–Crippen MR) is 102 cm³/mol. The lowest BCUT2D eigenvalue weighted by Crippen LogP contribution is -2.53. The summed E-state index contributed by atoms with van der Waals surface area (Å²) in [7, 11) is 1.95. The summed E-state index contributed by atoms with van der Waals surface area (Å²) in [5.41, 5.74) is 0. The Bertz CT molecular complexity index is 449. The molecular weight excluding hydrogens is 312 g/mol. The molecule has 2 saturated heterocycles. The molecule has 5 nitrogen and oxygen atoms in total. The molecule has 2 aliphatic carbocycles. The molecule has 0 bridgehead atoms. The Morgan fingerprint density at radius 2 is 1.88 bits per heavy atom. The number of guanidine groups is 1. The van der Waals surface area contributed by atoms with E-state index in [4.69, 9.17) is 4.74 Å². The monoisotopic (exact) mass is 348 g/mol. The van der Waals surface area contributed by atoms with Crippen LogP contribution in [0.25, 0.3) is 0 Å². The second kappa shape index (κ2) is 8.26. The van der Waals surface area contributed by atoms with Gasteiger partial charge in [-0.3, -0.25) is 9.89 Å². The van der Waals surface area contributed by atoms with Gasteiger partial charge < -0.3 is 15.0 Å². The van der Waals surface area contributed by atoms with Gasteiger partial charge in [-0.2, -0.15) is 0 Å².